The zero-order chi connectivity index (χ0) is 21.3. The Morgan fingerprint density at radius 3 is 1.50 bits per heavy atom. The van der Waals surface area contributed by atoms with E-state index >= 15 is 0 Å². The fourth-order valence-corrected chi connectivity index (χ4v) is 3.66. The van der Waals surface area contributed by atoms with E-state index in [4.69, 9.17) is 28.9 Å². The number of fused-ring (bicyclic) bond motifs is 3. The van der Waals surface area contributed by atoms with Gasteiger partial charge in [0.1, 0.15) is 0 Å². The molecule has 3 heterocycles. The normalized spacial score (nSPS) is 14.1. The fraction of sp³-hybridized carbons (Fsp3) is 0.0769. The van der Waals surface area contributed by atoms with Crippen molar-refractivity contribution in [3.05, 3.63) is 83.2 Å². The summed E-state index contributed by atoms with van der Waals surface area (Å²) in [7, 11) is 0. The zero-order valence-electron chi connectivity index (χ0n) is 17.0. The summed E-state index contributed by atoms with van der Waals surface area (Å²) in [5, 5.41) is 0. The molecule has 2 aliphatic heterocycles. The third-order valence-electron chi connectivity index (χ3n) is 5.29. The summed E-state index contributed by atoms with van der Waals surface area (Å²) in [6, 6.07) is 19.6. The van der Waals surface area contributed by atoms with Crippen LogP contribution in [0.5, 0.6) is 23.0 Å². The van der Waals surface area contributed by atoms with Gasteiger partial charge < -0.3 is 18.9 Å². The van der Waals surface area contributed by atoms with E-state index in [0.29, 0.717) is 0 Å². The topological polar surface area (TPSA) is 62.7 Å². The maximum atomic E-state index is 5.48. The molecule has 0 N–H and O–H groups in total. The lowest BCUT2D eigenvalue weighted by atomic mass is 10.1. The minimum absolute atomic E-state index is 0.257. The van der Waals surface area contributed by atoms with Gasteiger partial charge in [0.05, 0.1) is 22.4 Å². The van der Waals surface area contributed by atoms with Gasteiger partial charge in [0.15, 0.2) is 23.0 Å². The molecule has 2 aliphatic rings. The average Bonchev–Trinajstić information content (AvgIpc) is 3.49. The van der Waals surface area contributed by atoms with E-state index in [9.17, 15) is 0 Å². The van der Waals surface area contributed by atoms with Crippen LogP contribution in [0, 0.1) is 0 Å². The average molecular weight is 422 g/mol. The molecule has 0 radical (unpaired) electrons. The van der Waals surface area contributed by atoms with E-state index in [0.717, 1.165) is 56.5 Å². The number of benzene rings is 3. The number of ether oxygens (including phenoxy) is 4. The third kappa shape index (κ3) is 3.52. The van der Waals surface area contributed by atoms with E-state index in [1.165, 1.54) is 0 Å². The van der Waals surface area contributed by atoms with E-state index in [1.54, 1.807) is 0 Å². The molecule has 156 valence electrons. The maximum Gasteiger partial charge on any atom is 0.231 e. The van der Waals surface area contributed by atoms with Crippen LogP contribution in [0.2, 0.25) is 0 Å². The summed E-state index contributed by atoms with van der Waals surface area (Å²) < 4.78 is 21.7. The molecule has 1 aromatic heterocycles. The predicted octanol–water partition coefficient (Wildman–Crippen LogP) is 5.43. The number of hydrogen-bond acceptors (Lipinski definition) is 6. The Hall–Kier alpha value is -4.32. The summed E-state index contributed by atoms with van der Waals surface area (Å²) >= 11 is 0. The van der Waals surface area contributed by atoms with E-state index in [1.807, 2.05) is 85.0 Å². The summed E-state index contributed by atoms with van der Waals surface area (Å²) in [5.41, 5.74) is 5.23. The SMILES string of the molecule is C(=C/c1nc2ccccc2nc1/C=C\c1ccc2c(c1)OCO2)/c1ccc2c(c1)OCO2. The fourth-order valence-electron chi connectivity index (χ4n) is 3.66. The first-order valence-corrected chi connectivity index (χ1v) is 10.2. The van der Waals surface area contributed by atoms with Crippen molar-refractivity contribution in [3.63, 3.8) is 0 Å². The molecule has 6 rings (SSSR count). The Morgan fingerprint density at radius 1 is 0.531 bits per heavy atom. The number of para-hydroxylation sites is 2. The molecule has 0 saturated heterocycles. The van der Waals surface area contributed by atoms with Crippen molar-refractivity contribution in [3.8, 4) is 23.0 Å². The molecule has 6 heteroatoms. The van der Waals surface area contributed by atoms with Crippen LogP contribution in [0.4, 0.5) is 0 Å². The van der Waals surface area contributed by atoms with Gasteiger partial charge in [-0.25, -0.2) is 9.97 Å². The van der Waals surface area contributed by atoms with Crippen molar-refractivity contribution in [2.45, 2.75) is 0 Å². The molecule has 3 aromatic carbocycles. The predicted molar refractivity (Wildman–Crippen MR) is 123 cm³/mol. The van der Waals surface area contributed by atoms with Crippen LogP contribution in [0.25, 0.3) is 35.3 Å². The molecule has 32 heavy (non-hydrogen) atoms. The molecule has 0 atom stereocenters. The van der Waals surface area contributed by atoms with E-state index < -0.39 is 0 Å². The van der Waals surface area contributed by atoms with Gasteiger partial charge in [-0.1, -0.05) is 36.4 Å². The van der Waals surface area contributed by atoms with Crippen LogP contribution in [0.15, 0.2) is 60.7 Å². The second-order valence-corrected chi connectivity index (χ2v) is 7.37. The first-order chi connectivity index (χ1) is 15.8. The molecule has 0 aliphatic carbocycles. The molecule has 0 saturated carbocycles. The molecule has 0 unspecified atom stereocenters. The van der Waals surface area contributed by atoms with Gasteiger partial charge in [-0.3, -0.25) is 0 Å². The smallest absolute Gasteiger partial charge is 0.231 e. The minimum Gasteiger partial charge on any atom is -0.454 e. The second-order valence-electron chi connectivity index (χ2n) is 7.37. The molecule has 0 spiro atoms. The number of hydrogen-bond donors (Lipinski definition) is 0. The second kappa shape index (κ2) is 7.74. The molecule has 0 fully saturated rings. The molecule has 0 amide bonds. The first-order valence-electron chi connectivity index (χ1n) is 10.2. The lowest BCUT2D eigenvalue weighted by Crippen LogP contribution is -1.94. The summed E-state index contributed by atoms with van der Waals surface area (Å²) in [4.78, 5) is 9.66. The van der Waals surface area contributed by atoms with Crippen LogP contribution in [0.3, 0.4) is 0 Å². The highest BCUT2D eigenvalue weighted by Gasteiger charge is 2.13. The zero-order valence-corrected chi connectivity index (χ0v) is 17.0. The van der Waals surface area contributed by atoms with Crippen molar-refractivity contribution in [1.29, 1.82) is 0 Å². The van der Waals surface area contributed by atoms with Crippen LogP contribution >= 0.6 is 0 Å². The first kappa shape index (κ1) is 18.4. The highest BCUT2D eigenvalue weighted by Crippen LogP contribution is 2.34. The number of aromatic nitrogens is 2. The van der Waals surface area contributed by atoms with Crippen LogP contribution < -0.4 is 18.9 Å². The largest absolute Gasteiger partial charge is 0.454 e. The van der Waals surface area contributed by atoms with Crippen LogP contribution in [-0.4, -0.2) is 23.6 Å². The standard InChI is InChI=1S/C26H18N2O4/c1-2-4-20-19(3-1)27-21(9-5-17-7-11-23-25(13-17)31-15-29-23)22(28-20)10-6-18-8-12-24-26(14-18)32-16-30-24/h1-14H,15-16H2/b9-5-,10-6-. The van der Waals surface area contributed by atoms with Crippen molar-refractivity contribution in [2.75, 3.05) is 13.6 Å². The Bertz CT molecular complexity index is 1290. The van der Waals surface area contributed by atoms with Crippen LogP contribution in [-0.2, 0) is 0 Å². The highest BCUT2D eigenvalue weighted by molar-refractivity contribution is 5.83. The van der Waals surface area contributed by atoms with Crippen molar-refractivity contribution >= 4 is 35.3 Å². The molecular weight excluding hydrogens is 404 g/mol. The van der Waals surface area contributed by atoms with Crippen molar-refractivity contribution in [2.24, 2.45) is 0 Å². The van der Waals surface area contributed by atoms with Gasteiger partial charge >= 0.3 is 0 Å². The van der Waals surface area contributed by atoms with Gasteiger partial charge in [-0.2, -0.15) is 0 Å². The number of nitrogens with zero attached hydrogens (tertiary/aromatic N) is 2. The molecule has 6 nitrogen and oxygen atoms in total. The van der Waals surface area contributed by atoms with E-state index in [2.05, 4.69) is 0 Å². The minimum atomic E-state index is 0.257. The summed E-state index contributed by atoms with van der Waals surface area (Å²) in [6.07, 6.45) is 7.93. The van der Waals surface area contributed by atoms with Gasteiger partial charge in [0.2, 0.25) is 13.6 Å². The monoisotopic (exact) mass is 422 g/mol. The Kier molecular flexibility index (Phi) is 4.46. The third-order valence-corrected chi connectivity index (χ3v) is 5.29. The van der Waals surface area contributed by atoms with Crippen molar-refractivity contribution in [1.82, 2.24) is 9.97 Å². The van der Waals surface area contributed by atoms with Gasteiger partial charge in [0.25, 0.3) is 0 Å². The Balaban J connectivity index is 1.36. The van der Waals surface area contributed by atoms with Gasteiger partial charge in [0, 0.05) is 0 Å². The van der Waals surface area contributed by atoms with Crippen LogP contribution in [0.1, 0.15) is 22.5 Å². The van der Waals surface area contributed by atoms with E-state index in [-0.39, 0.29) is 13.6 Å². The highest BCUT2D eigenvalue weighted by atomic mass is 16.7. The lowest BCUT2D eigenvalue weighted by molar-refractivity contribution is 0.173. The quantitative estimate of drug-likeness (QED) is 0.437. The molecule has 4 aromatic rings. The van der Waals surface area contributed by atoms with Crippen molar-refractivity contribution < 1.29 is 18.9 Å². The lowest BCUT2D eigenvalue weighted by Gasteiger charge is -2.04. The van der Waals surface area contributed by atoms with Gasteiger partial charge in [-0.05, 0) is 59.7 Å². The Morgan fingerprint density at radius 2 is 1.00 bits per heavy atom. The molecule has 0 bridgehead atoms. The summed E-state index contributed by atoms with van der Waals surface area (Å²) in [5.74, 6) is 3.03. The number of rotatable bonds is 4. The Labute approximate surface area is 184 Å². The maximum absolute atomic E-state index is 5.48. The molecular formula is C26H18N2O4. The summed E-state index contributed by atoms with van der Waals surface area (Å²) in [6.45, 7) is 0.515. The van der Waals surface area contributed by atoms with Gasteiger partial charge in [-0.15, -0.1) is 0 Å².